The molecule has 19 heavy (non-hydrogen) atoms. The number of rotatable bonds is 5. The Labute approximate surface area is 113 Å². The van der Waals surface area contributed by atoms with Gasteiger partial charge in [0.25, 0.3) is 0 Å². The zero-order valence-electron chi connectivity index (χ0n) is 10.3. The van der Waals surface area contributed by atoms with E-state index < -0.39 is 5.97 Å². The molecule has 0 N–H and O–H groups in total. The number of carbonyl (C=O) groups excluding carboxylic acids is 1. The van der Waals surface area contributed by atoms with E-state index in [1.165, 1.54) is 25.1 Å². The Morgan fingerprint density at radius 2 is 2.47 bits per heavy atom. The van der Waals surface area contributed by atoms with Crippen LogP contribution >= 0.6 is 11.8 Å². The molecular weight excluding hydrogens is 268 g/mol. The number of aromatic nitrogens is 4. The highest BCUT2D eigenvalue weighted by atomic mass is 32.2. The van der Waals surface area contributed by atoms with E-state index >= 15 is 0 Å². The summed E-state index contributed by atoms with van der Waals surface area (Å²) in [5.74, 6) is 0.665. The van der Waals surface area contributed by atoms with Crippen LogP contribution in [0.4, 0.5) is 0 Å². The van der Waals surface area contributed by atoms with Crippen molar-refractivity contribution in [1.82, 2.24) is 20.2 Å². The fourth-order valence-electron chi connectivity index (χ4n) is 1.70. The number of hydrogen-bond acceptors (Lipinski definition) is 7. The largest absolute Gasteiger partial charge is 0.468 e. The molecule has 0 unspecified atom stereocenters. The lowest BCUT2D eigenvalue weighted by Crippen LogP contribution is -2.03. The summed E-state index contributed by atoms with van der Waals surface area (Å²) in [7, 11) is 1.35. The van der Waals surface area contributed by atoms with Gasteiger partial charge in [-0.2, -0.15) is 0 Å². The first kappa shape index (κ1) is 12.2. The van der Waals surface area contributed by atoms with Gasteiger partial charge >= 0.3 is 5.97 Å². The fourth-order valence-corrected chi connectivity index (χ4v) is 2.60. The summed E-state index contributed by atoms with van der Waals surface area (Å²) in [6.45, 7) is 0. The maximum atomic E-state index is 11.5. The number of methoxy groups -OCH3 is 1. The molecule has 1 fully saturated rings. The van der Waals surface area contributed by atoms with Crippen LogP contribution in [0.3, 0.4) is 0 Å². The highest BCUT2D eigenvalue weighted by Crippen LogP contribution is 2.37. The van der Waals surface area contributed by atoms with Crippen LogP contribution in [0, 0.1) is 0 Å². The lowest BCUT2D eigenvalue weighted by Gasteiger charge is -2.02. The lowest BCUT2D eigenvalue weighted by molar-refractivity contribution is 0.0598. The second-order valence-corrected chi connectivity index (χ2v) is 5.12. The molecule has 2 heterocycles. The van der Waals surface area contributed by atoms with Crippen LogP contribution in [0.2, 0.25) is 0 Å². The van der Waals surface area contributed by atoms with Gasteiger partial charge in [0.1, 0.15) is 11.3 Å². The minimum atomic E-state index is -0.397. The Hall–Kier alpha value is -1.83. The first-order chi connectivity index (χ1) is 9.29. The molecule has 1 aliphatic carbocycles. The molecule has 1 saturated carbocycles. The van der Waals surface area contributed by atoms with Crippen molar-refractivity contribution in [2.24, 2.45) is 0 Å². The van der Waals surface area contributed by atoms with E-state index in [1.807, 2.05) is 4.68 Å². The standard InChI is InChI=1S/C11H12N4O3S/c1-17-10(16)8-4-5-18-9(8)6-19-11-12-13-14-15(11)7-2-3-7/h4-5,7H,2-3,6H2,1H3. The molecule has 2 aromatic heterocycles. The number of ether oxygens (including phenoxy) is 1. The Morgan fingerprint density at radius 1 is 1.63 bits per heavy atom. The van der Waals surface area contributed by atoms with E-state index in [9.17, 15) is 4.79 Å². The lowest BCUT2D eigenvalue weighted by atomic mass is 10.3. The summed E-state index contributed by atoms with van der Waals surface area (Å²) in [5, 5.41) is 12.4. The number of furan rings is 1. The average Bonchev–Trinajstić information content (AvgIpc) is 2.99. The van der Waals surface area contributed by atoms with Gasteiger partial charge < -0.3 is 9.15 Å². The zero-order chi connectivity index (χ0) is 13.2. The van der Waals surface area contributed by atoms with Crippen molar-refractivity contribution < 1.29 is 13.9 Å². The van der Waals surface area contributed by atoms with Gasteiger partial charge in [0.05, 0.1) is 25.2 Å². The van der Waals surface area contributed by atoms with E-state index in [-0.39, 0.29) is 0 Å². The van der Waals surface area contributed by atoms with Crippen LogP contribution in [-0.4, -0.2) is 33.3 Å². The normalized spacial score (nSPS) is 14.6. The monoisotopic (exact) mass is 280 g/mol. The van der Waals surface area contributed by atoms with Crippen LogP contribution in [0.1, 0.15) is 35.0 Å². The smallest absolute Gasteiger partial charge is 0.341 e. The molecule has 0 atom stereocenters. The molecular formula is C11H12N4O3S. The van der Waals surface area contributed by atoms with Gasteiger partial charge in [0, 0.05) is 0 Å². The van der Waals surface area contributed by atoms with Crippen LogP contribution in [0.15, 0.2) is 21.9 Å². The predicted octanol–water partition coefficient (Wildman–Crippen LogP) is 1.68. The summed E-state index contributed by atoms with van der Waals surface area (Å²) in [6.07, 6.45) is 3.71. The molecule has 8 heteroatoms. The number of nitrogens with zero attached hydrogens (tertiary/aromatic N) is 4. The summed E-state index contributed by atoms with van der Waals surface area (Å²) in [5.41, 5.74) is 0.445. The molecule has 7 nitrogen and oxygen atoms in total. The molecule has 0 bridgehead atoms. The molecule has 100 valence electrons. The second kappa shape index (κ2) is 5.04. The molecule has 0 saturated heterocycles. The SMILES string of the molecule is COC(=O)c1ccoc1CSc1nnnn1C1CC1. The van der Waals surface area contributed by atoms with Crippen molar-refractivity contribution in [3.8, 4) is 0 Å². The van der Waals surface area contributed by atoms with E-state index in [0.717, 1.165) is 18.0 Å². The first-order valence-corrected chi connectivity index (χ1v) is 6.83. The Bertz CT molecular complexity index is 590. The number of carbonyl (C=O) groups is 1. The maximum Gasteiger partial charge on any atom is 0.341 e. The highest BCUT2D eigenvalue weighted by Gasteiger charge is 2.28. The first-order valence-electron chi connectivity index (χ1n) is 5.85. The third kappa shape index (κ3) is 2.48. The number of thioether (sulfide) groups is 1. The molecule has 0 spiro atoms. The molecule has 0 radical (unpaired) electrons. The number of hydrogen-bond donors (Lipinski definition) is 0. The van der Waals surface area contributed by atoms with Crippen LogP contribution in [0.5, 0.6) is 0 Å². The summed E-state index contributed by atoms with van der Waals surface area (Å²) in [4.78, 5) is 11.5. The van der Waals surface area contributed by atoms with Gasteiger partial charge in [0.2, 0.25) is 5.16 Å². The molecule has 1 aliphatic rings. The van der Waals surface area contributed by atoms with Gasteiger partial charge in [-0.1, -0.05) is 11.8 Å². The van der Waals surface area contributed by atoms with E-state index in [2.05, 4.69) is 15.5 Å². The third-order valence-electron chi connectivity index (χ3n) is 2.84. The van der Waals surface area contributed by atoms with E-state index in [0.29, 0.717) is 23.1 Å². The molecule has 0 aromatic carbocycles. The summed E-state index contributed by atoms with van der Waals surface area (Å²) >= 11 is 1.45. The van der Waals surface area contributed by atoms with E-state index in [4.69, 9.17) is 9.15 Å². The topological polar surface area (TPSA) is 83.0 Å². The summed E-state index contributed by atoms with van der Waals surface area (Å²) < 4.78 is 11.8. The van der Waals surface area contributed by atoms with Gasteiger partial charge in [-0.25, -0.2) is 9.48 Å². The zero-order valence-corrected chi connectivity index (χ0v) is 11.1. The van der Waals surface area contributed by atoms with Gasteiger partial charge in [-0.05, 0) is 29.3 Å². The maximum absolute atomic E-state index is 11.5. The summed E-state index contributed by atoms with van der Waals surface area (Å²) in [6, 6.07) is 2.03. The van der Waals surface area contributed by atoms with Crippen molar-refractivity contribution in [3.63, 3.8) is 0 Å². The molecule has 0 amide bonds. The molecule has 0 aliphatic heterocycles. The fraction of sp³-hybridized carbons (Fsp3) is 0.455. The quantitative estimate of drug-likeness (QED) is 0.608. The van der Waals surface area contributed by atoms with Crippen molar-refractivity contribution in [2.75, 3.05) is 7.11 Å². The second-order valence-electron chi connectivity index (χ2n) is 4.17. The van der Waals surface area contributed by atoms with Crippen molar-refractivity contribution in [1.29, 1.82) is 0 Å². The Kier molecular flexibility index (Phi) is 3.24. The number of tetrazole rings is 1. The predicted molar refractivity (Wildman–Crippen MR) is 65.7 cm³/mol. The van der Waals surface area contributed by atoms with Crippen molar-refractivity contribution in [2.45, 2.75) is 29.8 Å². The highest BCUT2D eigenvalue weighted by molar-refractivity contribution is 7.98. The van der Waals surface area contributed by atoms with Crippen LogP contribution in [0.25, 0.3) is 0 Å². The molecule has 2 aromatic rings. The van der Waals surface area contributed by atoms with Crippen LogP contribution < -0.4 is 0 Å². The van der Waals surface area contributed by atoms with Gasteiger partial charge in [-0.3, -0.25) is 0 Å². The minimum absolute atomic E-state index is 0.397. The van der Waals surface area contributed by atoms with Gasteiger partial charge in [-0.15, -0.1) is 5.10 Å². The minimum Gasteiger partial charge on any atom is -0.468 e. The van der Waals surface area contributed by atoms with Crippen molar-refractivity contribution >= 4 is 17.7 Å². The molecule has 3 rings (SSSR count). The van der Waals surface area contributed by atoms with E-state index in [1.54, 1.807) is 6.07 Å². The third-order valence-corrected chi connectivity index (χ3v) is 3.77. The Balaban J connectivity index is 1.70. The average molecular weight is 280 g/mol. The van der Waals surface area contributed by atoms with Gasteiger partial charge in [0.15, 0.2) is 0 Å². The van der Waals surface area contributed by atoms with Crippen molar-refractivity contribution in [3.05, 3.63) is 23.7 Å². The Morgan fingerprint density at radius 3 is 3.21 bits per heavy atom. The number of esters is 1. The van der Waals surface area contributed by atoms with Crippen LogP contribution in [-0.2, 0) is 10.5 Å².